The van der Waals surface area contributed by atoms with E-state index in [1.165, 1.54) is 30.6 Å². The molecule has 0 bridgehead atoms. The first-order valence-corrected chi connectivity index (χ1v) is 20.3. The number of nitrogens with zero attached hydrogens (tertiary/aromatic N) is 1. The molecule has 4 aromatic rings. The van der Waals surface area contributed by atoms with Gasteiger partial charge in [0, 0.05) is 32.6 Å². The Bertz CT molecular complexity index is 1740. The molecule has 3 aromatic carbocycles. The topological polar surface area (TPSA) is 82.1 Å². The second-order valence-electron chi connectivity index (χ2n) is 14.0. The van der Waals surface area contributed by atoms with Gasteiger partial charge in [-0.15, -0.1) is 11.3 Å². The first kappa shape index (κ1) is 39.2. The van der Waals surface area contributed by atoms with Crippen LogP contribution in [0.3, 0.4) is 0 Å². The van der Waals surface area contributed by atoms with E-state index in [0.29, 0.717) is 29.2 Å². The number of likely N-dealkylation sites (tertiary alicyclic amines) is 1. The number of benzene rings is 3. The molecule has 0 atom stereocenters. The van der Waals surface area contributed by atoms with Crippen LogP contribution in [0.1, 0.15) is 114 Å². The molecule has 1 aliphatic rings. The number of ether oxygens (including phenoxy) is 3. The number of hydrogen-bond acceptors (Lipinski definition) is 8. The van der Waals surface area contributed by atoms with Gasteiger partial charge >= 0.3 is 11.9 Å². The van der Waals surface area contributed by atoms with Crippen LogP contribution in [0.15, 0.2) is 66.7 Å². The highest BCUT2D eigenvalue weighted by molar-refractivity contribution is 7.22. The minimum absolute atomic E-state index is 0.103. The zero-order valence-corrected chi connectivity index (χ0v) is 32.2. The van der Waals surface area contributed by atoms with Gasteiger partial charge in [0.15, 0.2) is 5.78 Å². The Morgan fingerprint density at radius 1 is 0.673 bits per heavy atom. The largest absolute Gasteiger partial charge is 0.492 e. The summed E-state index contributed by atoms with van der Waals surface area (Å²) in [7, 11) is 0. The number of esters is 2. The number of ketones is 1. The lowest BCUT2D eigenvalue weighted by atomic mass is 9.97. The maximum atomic E-state index is 14.4. The summed E-state index contributed by atoms with van der Waals surface area (Å²) >= 11 is 1.49. The number of rotatable bonds is 19. The molecule has 0 amide bonds. The average Bonchev–Trinajstić information content (AvgIpc) is 3.54. The van der Waals surface area contributed by atoms with Crippen molar-refractivity contribution >= 4 is 39.1 Å². The monoisotopic (exact) mass is 725 g/mol. The molecule has 0 saturated carbocycles. The van der Waals surface area contributed by atoms with E-state index < -0.39 is 0 Å². The third-order valence-electron chi connectivity index (χ3n) is 9.90. The van der Waals surface area contributed by atoms with Crippen LogP contribution in [0, 0.1) is 11.8 Å². The Labute approximate surface area is 313 Å². The number of fused-ring (bicyclic) bond motifs is 1. The highest BCUT2D eigenvalue weighted by atomic mass is 32.1. The van der Waals surface area contributed by atoms with E-state index in [1.54, 1.807) is 18.2 Å². The molecule has 1 aliphatic heterocycles. The van der Waals surface area contributed by atoms with Crippen molar-refractivity contribution in [2.24, 2.45) is 11.8 Å². The van der Waals surface area contributed by atoms with Crippen molar-refractivity contribution in [1.82, 2.24) is 4.90 Å². The van der Waals surface area contributed by atoms with E-state index in [2.05, 4.69) is 32.6 Å². The zero-order valence-electron chi connectivity index (χ0n) is 31.4. The molecule has 8 heteroatoms. The van der Waals surface area contributed by atoms with Gasteiger partial charge in [-0.1, -0.05) is 59.8 Å². The summed E-state index contributed by atoms with van der Waals surface area (Å²) in [6.45, 7) is 12.1. The van der Waals surface area contributed by atoms with Gasteiger partial charge in [0.2, 0.25) is 0 Å². The Hall–Kier alpha value is -4.01. The molecular formula is C44H55NO6S. The molecular weight excluding hydrogens is 671 g/mol. The molecule has 5 rings (SSSR count). The van der Waals surface area contributed by atoms with Crippen LogP contribution in [0.25, 0.3) is 20.5 Å². The maximum Gasteiger partial charge on any atom is 0.314 e. The average molecular weight is 726 g/mol. The first-order chi connectivity index (χ1) is 25.3. The van der Waals surface area contributed by atoms with Crippen LogP contribution in [0.5, 0.6) is 17.2 Å². The molecule has 0 radical (unpaired) electrons. The molecule has 0 spiro atoms. The lowest BCUT2D eigenvalue weighted by Crippen LogP contribution is -2.33. The fraction of sp³-hybridized carbons (Fsp3) is 0.477. The van der Waals surface area contributed by atoms with Gasteiger partial charge in [-0.05, 0) is 124 Å². The van der Waals surface area contributed by atoms with E-state index >= 15 is 0 Å². The molecule has 0 N–H and O–H groups in total. The van der Waals surface area contributed by atoms with Crippen molar-refractivity contribution in [3.8, 4) is 27.7 Å². The molecule has 52 heavy (non-hydrogen) atoms. The minimum Gasteiger partial charge on any atom is -0.492 e. The van der Waals surface area contributed by atoms with Crippen LogP contribution in [0.2, 0.25) is 0 Å². The summed E-state index contributed by atoms with van der Waals surface area (Å²) in [4.78, 5) is 43.6. The Balaban J connectivity index is 1.41. The number of piperidine rings is 1. The summed E-state index contributed by atoms with van der Waals surface area (Å²) in [5, 5.41) is 0.794. The third-order valence-corrected chi connectivity index (χ3v) is 11.1. The van der Waals surface area contributed by atoms with Crippen molar-refractivity contribution in [3.05, 3.63) is 77.9 Å². The predicted molar refractivity (Wildman–Crippen MR) is 211 cm³/mol. The molecule has 1 aromatic heterocycles. The second-order valence-corrected chi connectivity index (χ2v) is 15.0. The Kier molecular flexibility index (Phi) is 14.9. The van der Waals surface area contributed by atoms with Gasteiger partial charge in [0.05, 0.1) is 11.8 Å². The lowest BCUT2D eigenvalue weighted by molar-refractivity contribution is -0.140. The number of hydrogen-bond donors (Lipinski definition) is 0. The first-order valence-electron chi connectivity index (χ1n) is 19.4. The molecule has 1 saturated heterocycles. The normalized spacial score (nSPS) is 13.5. The van der Waals surface area contributed by atoms with Gasteiger partial charge < -0.3 is 14.2 Å². The van der Waals surface area contributed by atoms with Crippen molar-refractivity contribution in [2.45, 2.75) is 98.3 Å². The quantitative estimate of drug-likeness (QED) is 0.0541. The minimum atomic E-state index is -0.209. The third kappa shape index (κ3) is 10.3. The Morgan fingerprint density at radius 2 is 1.21 bits per heavy atom. The van der Waals surface area contributed by atoms with E-state index in [9.17, 15) is 14.4 Å². The summed E-state index contributed by atoms with van der Waals surface area (Å²) in [6.07, 6.45) is 10.7. The fourth-order valence-electron chi connectivity index (χ4n) is 7.12. The van der Waals surface area contributed by atoms with Crippen LogP contribution < -0.4 is 14.2 Å². The Morgan fingerprint density at radius 3 is 1.79 bits per heavy atom. The highest BCUT2D eigenvalue weighted by Crippen LogP contribution is 2.42. The summed E-state index contributed by atoms with van der Waals surface area (Å²) in [6, 6.07) is 20.3. The predicted octanol–water partition coefficient (Wildman–Crippen LogP) is 10.9. The van der Waals surface area contributed by atoms with Crippen molar-refractivity contribution < 1.29 is 28.6 Å². The fourth-order valence-corrected chi connectivity index (χ4v) is 8.35. The van der Waals surface area contributed by atoms with Gasteiger partial charge in [-0.25, -0.2) is 0 Å². The molecule has 0 unspecified atom stereocenters. The highest BCUT2D eigenvalue weighted by Gasteiger charge is 2.25. The second kappa shape index (κ2) is 19.7. The van der Waals surface area contributed by atoms with Crippen LogP contribution in [0.4, 0.5) is 0 Å². The zero-order chi connectivity index (χ0) is 36.9. The lowest BCUT2D eigenvalue weighted by Gasteiger charge is -2.26. The number of thiophene rings is 1. The standard InChI is InChI=1S/C44H55NO6S/c1-5-12-33(13-6-2)43(47)50-36-22-18-32(19-23-36)42-40(38-25-24-37(30-39(38)52-42)51-44(48)34(14-7-3)15-8-4)41(46)31-16-20-35(21-17-31)49-29-28-45-26-10-9-11-27-45/h16-25,30,33-34H,5-15,26-29H2,1-4H3. The van der Waals surface area contributed by atoms with Crippen molar-refractivity contribution in [1.29, 1.82) is 0 Å². The molecule has 1 fully saturated rings. The maximum absolute atomic E-state index is 14.4. The smallest absolute Gasteiger partial charge is 0.314 e. The molecule has 7 nitrogen and oxygen atoms in total. The van der Waals surface area contributed by atoms with Crippen LogP contribution >= 0.6 is 11.3 Å². The van der Waals surface area contributed by atoms with E-state index in [1.807, 2.05) is 48.5 Å². The van der Waals surface area contributed by atoms with Crippen molar-refractivity contribution in [2.75, 3.05) is 26.2 Å². The van der Waals surface area contributed by atoms with Gasteiger partial charge in [0.25, 0.3) is 0 Å². The van der Waals surface area contributed by atoms with Gasteiger partial charge in [-0.3, -0.25) is 19.3 Å². The number of carbonyl (C=O) groups excluding carboxylic acids is 3. The summed E-state index contributed by atoms with van der Waals surface area (Å²) in [5.41, 5.74) is 1.98. The van der Waals surface area contributed by atoms with Gasteiger partial charge in [-0.2, -0.15) is 0 Å². The van der Waals surface area contributed by atoms with E-state index in [4.69, 9.17) is 14.2 Å². The summed E-state index contributed by atoms with van der Waals surface area (Å²) in [5.74, 6) is 0.942. The van der Waals surface area contributed by atoms with Gasteiger partial charge in [0.1, 0.15) is 23.9 Å². The number of carbonyl (C=O) groups is 3. The van der Waals surface area contributed by atoms with Crippen LogP contribution in [-0.2, 0) is 9.59 Å². The molecule has 0 aliphatic carbocycles. The van der Waals surface area contributed by atoms with Crippen LogP contribution in [-0.4, -0.2) is 48.9 Å². The van der Waals surface area contributed by atoms with Crippen molar-refractivity contribution in [3.63, 3.8) is 0 Å². The molecule has 278 valence electrons. The summed E-state index contributed by atoms with van der Waals surface area (Å²) < 4.78 is 18.6. The van der Waals surface area contributed by atoms with E-state index in [-0.39, 0.29) is 29.6 Å². The molecule has 2 heterocycles. The van der Waals surface area contributed by atoms with E-state index in [0.717, 1.165) is 97.3 Å². The SMILES string of the molecule is CCCC(CCC)C(=O)Oc1ccc(-c2sc3cc(OC(=O)C(CCC)CCC)ccc3c2C(=O)c2ccc(OCCN3CCCCC3)cc2)cc1.